The molecule has 1 fully saturated rings. The summed E-state index contributed by atoms with van der Waals surface area (Å²) in [5, 5.41) is 9.81. The van der Waals surface area contributed by atoms with Gasteiger partial charge in [0.1, 0.15) is 17.8 Å². The average molecular weight is 444 g/mol. The molecule has 1 atom stereocenters. The van der Waals surface area contributed by atoms with Crippen LogP contribution in [0.3, 0.4) is 0 Å². The highest BCUT2D eigenvalue weighted by Gasteiger charge is 2.26. The van der Waals surface area contributed by atoms with Gasteiger partial charge in [0, 0.05) is 42.2 Å². The van der Waals surface area contributed by atoms with Gasteiger partial charge in [0.2, 0.25) is 0 Å². The molecular formula is C29H33NO3. The number of rotatable bonds is 4. The zero-order chi connectivity index (χ0) is 23.0. The van der Waals surface area contributed by atoms with E-state index in [2.05, 4.69) is 29.2 Å². The number of aldehydes is 1. The Kier molecular flexibility index (Phi) is 7.66. The third kappa shape index (κ3) is 5.57. The number of piperidine rings is 1. The Bertz CT molecular complexity index is 1020. The van der Waals surface area contributed by atoms with E-state index in [4.69, 9.17) is 4.74 Å². The van der Waals surface area contributed by atoms with Crippen molar-refractivity contribution in [2.24, 2.45) is 5.92 Å². The maximum absolute atomic E-state index is 11.0. The molecule has 1 saturated heterocycles. The Labute approximate surface area is 196 Å². The molecule has 3 aromatic carbocycles. The van der Waals surface area contributed by atoms with Crippen LogP contribution in [-0.4, -0.2) is 31.6 Å². The van der Waals surface area contributed by atoms with Gasteiger partial charge >= 0.3 is 0 Å². The summed E-state index contributed by atoms with van der Waals surface area (Å²) >= 11 is 0. The fourth-order valence-corrected chi connectivity index (χ4v) is 4.99. The molecule has 1 aliphatic heterocycles. The Morgan fingerprint density at radius 3 is 2.21 bits per heavy atom. The summed E-state index contributed by atoms with van der Waals surface area (Å²) in [5.41, 5.74) is 4.93. The quantitative estimate of drug-likeness (QED) is 0.505. The largest absolute Gasteiger partial charge is 0.508 e. The summed E-state index contributed by atoms with van der Waals surface area (Å²) in [6, 6.07) is 24.3. The van der Waals surface area contributed by atoms with E-state index < -0.39 is 0 Å². The maximum Gasteiger partial charge on any atom is 0.124 e. The Morgan fingerprint density at radius 2 is 1.58 bits per heavy atom. The molecule has 3 aromatic rings. The monoisotopic (exact) mass is 443 g/mol. The number of aromatic hydroxyl groups is 1. The summed E-state index contributed by atoms with van der Waals surface area (Å²) in [6.07, 6.45) is 6.18. The molecule has 2 aliphatic rings. The van der Waals surface area contributed by atoms with Crippen LogP contribution in [0.15, 0.2) is 72.8 Å². The molecule has 4 nitrogen and oxygen atoms in total. The highest BCUT2D eigenvalue weighted by atomic mass is 16.5. The average Bonchev–Trinajstić information content (AvgIpc) is 2.89. The van der Waals surface area contributed by atoms with E-state index in [0.29, 0.717) is 11.7 Å². The first kappa shape index (κ1) is 22.9. The number of phenols is 1. The number of ether oxygens (including phenoxy) is 1. The molecule has 4 heteroatoms. The highest BCUT2D eigenvalue weighted by molar-refractivity contribution is 5.59. The summed E-state index contributed by atoms with van der Waals surface area (Å²) in [5.74, 6) is 1.78. The Hall–Kier alpha value is -3.27. The molecule has 1 N–H and O–H groups in total. The second kappa shape index (κ2) is 11.0. The third-order valence-corrected chi connectivity index (χ3v) is 6.80. The van der Waals surface area contributed by atoms with Crippen molar-refractivity contribution in [3.05, 3.63) is 89.5 Å². The van der Waals surface area contributed by atoms with Gasteiger partial charge in [-0.1, -0.05) is 48.5 Å². The van der Waals surface area contributed by atoms with Crippen LogP contribution in [-0.2, 0) is 11.2 Å². The van der Waals surface area contributed by atoms with E-state index in [1.165, 1.54) is 22.4 Å². The van der Waals surface area contributed by atoms with Crippen molar-refractivity contribution < 1.29 is 14.6 Å². The van der Waals surface area contributed by atoms with Gasteiger partial charge < -0.3 is 19.5 Å². The minimum Gasteiger partial charge on any atom is -0.508 e. The van der Waals surface area contributed by atoms with Gasteiger partial charge in [0.05, 0.1) is 7.11 Å². The van der Waals surface area contributed by atoms with E-state index in [-0.39, 0.29) is 5.92 Å². The molecule has 33 heavy (non-hydrogen) atoms. The van der Waals surface area contributed by atoms with Crippen molar-refractivity contribution in [2.75, 3.05) is 25.1 Å². The SMILES string of the molecule is COc1cc(N2CCC(C=O)CC2)ccc1[C@@H]1CCCc2cc(O)ccc21.c1ccccc1. The number of benzene rings is 3. The molecule has 0 amide bonds. The fraction of sp³-hybridized carbons (Fsp3) is 0.345. The van der Waals surface area contributed by atoms with E-state index in [1.807, 2.05) is 42.5 Å². The molecule has 0 spiro atoms. The lowest BCUT2D eigenvalue weighted by atomic mass is 9.78. The first-order valence-corrected chi connectivity index (χ1v) is 11.9. The second-order valence-corrected chi connectivity index (χ2v) is 8.87. The number of carbonyl (C=O) groups is 1. The van der Waals surface area contributed by atoms with Crippen molar-refractivity contribution >= 4 is 12.0 Å². The predicted molar refractivity (Wildman–Crippen MR) is 133 cm³/mol. The smallest absolute Gasteiger partial charge is 0.124 e. The number of methoxy groups -OCH3 is 1. The summed E-state index contributed by atoms with van der Waals surface area (Å²) in [4.78, 5) is 13.3. The number of phenolic OH excluding ortho intramolecular Hbond substituents is 1. The number of hydrogen-bond donors (Lipinski definition) is 1. The van der Waals surface area contributed by atoms with Crippen molar-refractivity contribution in [2.45, 2.75) is 38.0 Å². The lowest BCUT2D eigenvalue weighted by Crippen LogP contribution is -2.34. The first-order valence-electron chi connectivity index (χ1n) is 11.9. The number of aryl methyl sites for hydroxylation is 1. The number of hydrogen-bond acceptors (Lipinski definition) is 4. The van der Waals surface area contributed by atoms with Crippen molar-refractivity contribution in [3.8, 4) is 11.5 Å². The Balaban J connectivity index is 0.000000376. The van der Waals surface area contributed by atoms with Crippen molar-refractivity contribution in [3.63, 3.8) is 0 Å². The van der Waals surface area contributed by atoms with Crippen LogP contribution in [0.4, 0.5) is 5.69 Å². The molecule has 0 unspecified atom stereocenters. The minimum absolute atomic E-state index is 0.206. The zero-order valence-electron chi connectivity index (χ0n) is 19.3. The van der Waals surface area contributed by atoms with Gasteiger partial charge in [-0.05, 0) is 61.4 Å². The van der Waals surface area contributed by atoms with Crippen LogP contribution in [0.2, 0.25) is 0 Å². The summed E-state index contributed by atoms with van der Waals surface area (Å²) in [7, 11) is 1.74. The van der Waals surface area contributed by atoms with Crippen LogP contribution in [0, 0.1) is 5.92 Å². The maximum atomic E-state index is 11.0. The van der Waals surface area contributed by atoms with E-state index in [9.17, 15) is 9.90 Å². The molecular weight excluding hydrogens is 410 g/mol. The van der Waals surface area contributed by atoms with E-state index in [0.717, 1.165) is 57.2 Å². The molecule has 172 valence electrons. The summed E-state index contributed by atoms with van der Waals surface area (Å²) < 4.78 is 5.78. The zero-order valence-corrected chi connectivity index (χ0v) is 19.3. The normalized spacial score (nSPS) is 18.0. The van der Waals surface area contributed by atoms with E-state index in [1.54, 1.807) is 13.2 Å². The Morgan fingerprint density at radius 1 is 0.909 bits per heavy atom. The van der Waals surface area contributed by atoms with Crippen molar-refractivity contribution in [1.82, 2.24) is 0 Å². The van der Waals surface area contributed by atoms with Crippen LogP contribution in [0.25, 0.3) is 0 Å². The third-order valence-electron chi connectivity index (χ3n) is 6.80. The number of fused-ring (bicyclic) bond motifs is 1. The lowest BCUT2D eigenvalue weighted by Gasteiger charge is -2.33. The van der Waals surface area contributed by atoms with Crippen LogP contribution in [0.1, 0.15) is 48.3 Å². The molecule has 0 saturated carbocycles. The van der Waals surface area contributed by atoms with E-state index >= 15 is 0 Å². The fourth-order valence-electron chi connectivity index (χ4n) is 4.99. The predicted octanol–water partition coefficient (Wildman–Crippen LogP) is 5.97. The van der Waals surface area contributed by atoms with Crippen molar-refractivity contribution in [1.29, 1.82) is 0 Å². The van der Waals surface area contributed by atoms with Gasteiger partial charge in [-0.25, -0.2) is 0 Å². The number of nitrogens with zero attached hydrogens (tertiary/aromatic N) is 1. The standard InChI is InChI=1S/C23H27NO3.C6H6/c1-27-23-14-18(24-11-9-16(15-25)10-12-24)5-7-22(23)21-4-2-3-17-13-19(26)6-8-20(17)21;1-2-4-6-5-3-1/h5-8,13-16,21,26H,2-4,9-12H2,1H3;1-6H/t21-;/m1./s1. The van der Waals surface area contributed by atoms with Gasteiger partial charge in [-0.3, -0.25) is 0 Å². The van der Waals surface area contributed by atoms with Gasteiger partial charge in [0.15, 0.2) is 0 Å². The molecule has 0 radical (unpaired) electrons. The number of carbonyl (C=O) groups excluding carboxylic acids is 1. The molecule has 1 heterocycles. The molecule has 0 bridgehead atoms. The van der Waals surface area contributed by atoms with Crippen LogP contribution in [0.5, 0.6) is 11.5 Å². The van der Waals surface area contributed by atoms with Gasteiger partial charge in [-0.2, -0.15) is 0 Å². The second-order valence-electron chi connectivity index (χ2n) is 8.87. The van der Waals surface area contributed by atoms with Gasteiger partial charge in [-0.15, -0.1) is 0 Å². The lowest BCUT2D eigenvalue weighted by molar-refractivity contribution is -0.111. The van der Waals surface area contributed by atoms with Crippen LogP contribution < -0.4 is 9.64 Å². The van der Waals surface area contributed by atoms with Gasteiger partial charge in [0.25, 0.3) is 0 Å². The topological polar surface area (TPSA) is 49.8 Å². The molecule has 5 rings (SSSR count). The minimum atomic E-state index is 0.206. The number of anilines is 1. The molecule has 1 aliphatic carbocycles. The first-order chi connectivity index (χ1) is 16.2. The molecule has 0 aromatic heterocycles. The highest BCUT2D eigenvalue weighted by Crippen LogP contribution is 2.42. The van der Waals surface area contributed by atoms with Crippen LogP contribution >= 0.6 is 0 Å². The summed E-state index contributed by atoms with van der Waals surface area (Å²) in [6.45, 7) is 1.83.